The maximum Gasteiger partial charge on any atom is 0.254 e. The van der Waals surface area contributed by atoms with Crippen molar-refractivity contribution in [3.05, 3.63) is 59.1 Å². The van der Waals surface area contributed by atoms with Crippen molar-refractivity contribution in [1.29, 1.82) is 0 Å². The molecular weight excluding hydrogens is 444 g/mol. The molecule has 1 atom stereocenters. The van der Waals surface area contributed by atoms with Crippen LogP contribution in [0.15, 0.2) is 48.5 Å². The highest BCUT2D eigenvalue weighted by molar-refractivity contribution is 6.33. The van der Waals surface area contributed by atoms with Crippen molar-refractivity contribution >= 4 is 40.7 Å². The normalized spacial score (nSPS) is 18.7. The highest BCUT2D eigenvalue weighted by Crippen LogP contribution is 2.21. The van der Waals surface area contributed by atoms with Gasteiger partial charge in [-0.05, 0) is 43.2 Å². The Morgan fingerprint density at radius 3 is 2.52 bits per heavy atom. The Kier molecular flexibility index (Phi) is 7.59. The number of halogens is 1. The Hall–Kier alpha value is -2.94. The summed E-state index contributed by atoms with van der Waals surface area (Å²) in [7, 11) is 0. The summed E-state index contributed by atoms with van der Waals surface area (Å²) in [6.45, 7) is 3.06. The van der Waals surface area contributed by atoms with E-state index in [1.165, 1.54) is 0 Å². The number of para-hydroxylation sites is 1. The molecule has 2 aromatic carbocycles. The summed E-state index contributed by atoms with van der Waals surface area (Å²) in [6.07, 6.45) is 1.17. The van der Waals surface area contributed by atoms with Gasteiger partial charge in [-0.3, -0.25) is 19.3 Å². The van der Waals surface area contributed by atoms with Gasteiger partial charge in [0.25, 0.3) is 11.8 Å². The minimum atomic E-state index is -0.424. The lowest BCUT2D eigenvalue weighted by atomic mass is 10.1. The molecule has 0 radical (unpaired) electrons. The van der Waals surface area contributed by atoms with Gasteiger partial charge >= 0.3 is 0 Å². The number of amides is 3. The zero-order valence-corrected chi connectivity index (χ0v) is 19.0. The number of hydrogen-bond donors (Lipinski definition) is 2. The number of piperazine rings is 1. The summed E-state index contributed by atoms with van der Waals surface area (Å²) in [6, 6.07) is 14.1. The van der Waals surface area contributed by atoms with Crippen LogP contribution in [0.25, 0.3) is 0 Å². The number of carbonyl (C=O) groups is 3. The highest BCUT2D eigenvalue weighted by Gasteiger charge is 2.25. The van der Waals surface area contributed by atoms with Crippen LogP contribution in [0.1, 0.15) is 23.2 Å². The number of nitrogens with zero attached hydrogens (tertiary/aromatic N) is 2. The predicted octanol–water partition coefficient (Wildman–Crippen LogP) is 2.85. The quantitative estimate of drug-likeness (QED) is 0.677. The molecular formula is C24H27ClN4O4. The molecule has 174 valence electrons. The molecule has 2 fully saturated rings. The second-order valence-corrected chi connectivity index (χ2v) is 8.58. The Morgan fingerprint density at radius 2 is 1.79 bits per heavy atom. The molecule has 8 nitrogen and oxygen atoms in total. The van der Waals surface area contributed by atoms with Crippen LogP contribution in [0.5, 0.6) is 0 Å². The number of carbonyl (C=O) groups excluding carboxylic acids is 3. The van der Waals surface area contributed by atoms with Crippen molar-refractivity contribution in [3.63, 3.8) is 0 Å². The van der Waals surface area contributed by atoms with Gasteiger partial charge in [-0.15, -0.1) is 0 Å². The van der Waals surface area contributed by atoms with Crippen molar-refractivity contribution in [3.8, 4) is 0 Å². The zero-order chi connectivity index (χ0) is 23.2. The van der Waals surface area contributed by atoms with E-state index in [-0.39, 0.29) is 24.3 Å². The van der Waals surface area contributed by atoms with Gasteiger partial charge in [0.05, 0.1) is 17.3 Å². The Morgan fingerprint density at radius 1 is 1.00 bits per heavy atom. The summed E-state index contributed by atoms with van der Waals surface area (Å²) in [5.41, 5.74) is 1.69. The Labute approximate surface area is 197 Å². The average Bonchev–Trinajstić information content (AvgIpc) is 3.36. The second-order valence-electron chi connectivity index (χ2n) is 8.17. The minimum absolute atomic E-state index is 0.0941. The molecule has 2 saturated heterocycles. The lowest BCUT2D eigenvalue weighted by Crippen LogP contribution is -2.50. The average molecular weight is 471 g/mol. The van der Waals surface area contributed by atoms with E-state index in [0.29, 0.717) is 61.2 Å². The standard InChI is InChI=1S/C24H27ClN4O4/c25-19-7-1-2-8-20(19)27-22(30)16-28-10-12-29(13-11-28)24(32)17-5-3-6-18(15-17)26-23(31)21-9-4-14-33-21/h1-3,5-8,15,21H,4,9-14,16H2,(H,26,31)(H,27,30)/t21-/m0/s1. The molecule has 2 aromatic rings. The third-order valence-corrected chi connectivity index (χ3v) is 6.10. The topological polar surface area (TPSA) is 91.0 Å². The van der Waals surface area contributed by atoms with Gasteiger partial charge in [0.2, 0.25) is 5.91 Å². The van der Waals surface area contributed by atoms with Gasteiger partial charge in [0.1, 0.15) is 6.10 Å². The summed E-state index contributed by atoms with van der Waals surface area (Å²) in [4.78, 5) is 41.4. The lowest BCUT2D eigenvalue weighted by Gasteiger charge is -2.34. The van der Waals surface area contributed by atoms with E-state index in [1.807, 2.05) is 17.0 Å². The van der Waals surface area contributed by atoms with E-state index in [2.05, 4.69) is 10.6 Å². The first-order chi connectivity index (χ1) is 16.0. The molecule has 0 aromatic heterocycles. The molecule has 0 bridgehead atoms. The van der Waals surface area contributed by atoms with E-state index < -0.39 is 6.10 Å². The maximum atomic E-state index is 13.0. The van der Waals surface area contributed by atoms with Crippen LogP contribution >= 0.6 is 11.6 Å². The van der Waals surface area contributed by atoms with Gasteiger partial charge in [0.15, 0.2) is 0 Å². The van der Waals surface area contributed by atoms with Crippen molar-refractivity contribution in [1.82, 2.24) is 9.80 Å². The molecule has 0 aliphatic carbocycles. The van der Waals surface area contributed by atoms with Gasteiger partial charge in [-0.2, -0.15) is 0 Å². The maximum absolute atomic E-state index is 13.0. The summed E-state index contributed by atoms with van der Waals surface area (Å²) >= 11 is 6.09. The molecule has 3 amide bonds. The molecule has 0 saturated carbocycles. The third kappa shape index (κ3) is 6.10. The molecule has 9 heteroatoms. The Balaban J connectivity index is 1.27. The molecule has 2 aliphatic heterocycles. The molecule has 33 heavy (non-hydrogen) atoms. The number of anilines is 2. The first-order valence-corrected chi connectivity index (χ1v) is 11.5. The van der Waals surface area contributed by atoms with Gasteiger partial charge in [-0.1, -0.05) is 29.8 Å². The summed E-state index contributed by atoms with van der Waals surface area (Å²) < 4.78 is 5.41. The second kappa shape index (κ2) is 10.8. The van der Waals surface area contributed by atoms with Crippen LogP contribution in [-0.2, 0) is 14.3 Å². The number of ether oxygens (including phenoxy) is 1. The molecule has 0 spiro atoms. The molecule has 0 unspecified atom stereocenters. The highest BCUT2D eigenvalue weighted by atomic mass is 35.5. The number of nitrogens with one attached hydrogen (secondary N) is 2. The van der Waals surface area contributed by atoms with Crippen molar-refractivity contribution < 1.29 is 19.1 Å². The first kappa shape index (κ1) is 23.2. The van der Waals surface area contributed by atoms with Crippen LogP contribution < -0.4 is 10.6 Å². The lowest BCUT2D eigenvalue weighted by molar-refractivity contribution is -0.124. The van der Waals surface area contributed by atoms with Gasteiger partial charge in [0, 0.05) is 44.0 Å². The van der Waals surface area contributed by atoms with E-state index in [4.69, 9.17) is 16.3 Å². The monoisotopic (exact) mass is 470 g/mol. The SMILES string of the molecule is O=C(CN1CCN(C(=O)c2cccc(NC(=O)[C@@H]3CCCO3)c2)CC1)Nc1ccccc1Cl. The molecule has 2 heterocycles. The molecule has 4 rings (SSSR count). The number of rotatable bonds is 6. The van der Waals surface area contributed by atoms with E-state index >= 15 is 0 Å². The van der Waals surface area contributed by atoms with Gasteiger partial charge in [-0.25, -0.2) is 0 Å². The van der Waals surface area contributed by atoms with E-state index in [1.54, 1.807) is 41.3 Å². The number of benzene rings is 2. The first-order valence-electron chi connectivity index (χ1n) is 11.1. The summed E-state index contributed by atoms with van der Waals surface area (Å²) in [5, 5.41) is 6.16. The third-order valence-electron chi connectivity index (χ3n) is 5.77. The fourth-order valence-electron chi connectivity index (χ4n) is 3.98. The number of hydrogen-bond acceptors (Lipinski definition) is 5. The van der Waals surface area contributed by atoms with Crippen LogP contribution in [0.3, 0.4) is 0 Å². The van der Waals surface area contributed by atoms with E-state index in [9.17, 15) is 14.4 Å². The largest absolute Gasteiger partial charge is 0.368 e. The smallest absolute Gasteiger partial charge is 0.254 e. The van der Waals surface area contributed by atoms with Crippen molar-refractivity contribution in [2.45, 2.75) is 18.9 Å². The van der Waals surface area contributed by atoms with Crippen LogP contribution in [0.4, 0.5) is 11.4 Å². The fraction of sp³-hybridized carbons (Fsp3) is 0.375. The fourth-order valence-corrected chi connectivity index (χ4v) is 4.17. The van der Waals surface area contributed by atoms with Crippen LogP contribution in [0.2, 0.25) is 5.02 Å². The van der Waals surface area contributed by atoms with Gasteiger partial charge < -0.3 is 20.3 Å². The van der Waals surface area contributed by atoms with Crippen molar-refractivity contribution in [2.75, 3.05) is 50.0 Å². The zero-order valence-electron chi connectivity index (χ0n) is 18.3. The minimum Gasteiger partial charge on any atom is -0.368 e. The van der Waals surface area contributed by atoms with Crippen LogP contribution in [0, 0.1) is 0 Å². The van der Waals surface area contributed by atoms with E-state index in [0.717, 1.165) is 6.42 Å². The Bertz CT molecular complexity index is 1020. The summed E-state index contributed by atoms with van der Waals surface area (Å²) in [5.74, 6) is -0.415. The van der Waals surface area contributed by atoms with Crippen molar-refractivity contribution in [2.24, 2.45) is 0 Å². The van der Waals surface area contributed by atoms with Crippen LogP contribution in [-0.4, -0.2) is 73.0 Å². The molecule has 2 aliphatic rings. The predicted molar refractivity (Wildman–Crippen MR) is 126 cm³/mol. The molecule has 2 N–H and O–H groups in total.